The second-order valence-electron chi connectivity index (χ2n) is 7.64. The van der Waals surface area contributed by atoms with Gasteiger partial charge in [0.25, 0.3) is 0 Å². The zero-order valence-electron chi connectivity index (χ0n) is 15.4. The van der Waals surface area contributed by atoms with E-state index in [0.29, 0.717) is 0 Å². The molecule has 4 aliphatic heterocycles. The molecule has 2 unspecified atom stereocenters. The molecule has 0 N–H and O–H groups in total. The maximum absolute atomic E-state index is 12.9. The van der Waals surface area contributed by atoms with Gasteiger partial charge in [-0.05, 0) is 73.2 Å². The lowest BCUT2D eigenvalue weighted by Gasteiger charge is -2.24. The molecule has 2 saturated heterocycles. The van der Waals surface area contributed by atoms with Crippen LogP contribution in [0.25, 0.3) is 0 Å². The Balaban J connectivity index is 0.000000122. The average Bonchev–Trinajstić information content (AvgIpc) is 3.60. The standard InChI is InChI=1S/2C11H11FO2/c2*12-8-2-4-9-7(5-8)1-3-10(14-9)11-6-13-11/h2*2,4-5,10-11H,1,3,6H2/t2*10-,11?/m11/s1. The zero-order valence-corrected chi connectivity index (χ0v) is 15.4. The van der Waals surface area contributed by atoms with Crippen molar-refractivity contribution in [2.75, 3.05) is 13.2 Å². The highest BCUT2D eigenvalue weighted by Crippen LogP contribution is 2.33. The van der Waals surface area contributed by atoms with E-state index >= 15 is 0 Å². The second-order valence-corrected chi connectivity index (χ2v) is 7.64. The van der Waals surface area contributed by atoms with Gasteiger partial charge in [-0.3, -0.25) is 0 Å². The number of epoxide rings is 2. The molecule has 6 rings (SSSR count). The topological polar surface area (TPSA) is 43.5 Å². The van der Waals surface area contributed by atoms with Gasteiger partial charge < -0.3 is 18.9 Å². The summed E-state index contributed by atoms with van der Waals surface area (Å²) in [5.74, 6) is 1.26. The van der Waals surface area contributed by atoms with Crippen LogP contribution in [-0.2, 0) is 22.3 Å². The molecule has 4 heterocycles. The third kappa shape index (κ3) is 3.98. The van der Waals surface area contributed by atoms with Gasteiger partial charge in [-0.2, -0.15) is 0 Å². The normalized spacial score (nSPS) is 29.2. The Morgan fingerprint density at radius 1 is 0.643 bits per heavy atom. The lowest BCUT2D eigenvalue weighted by molar-refractivity contribution is 0.136. The summed E-state index contributed by atoms with van der Waals surface area (Å²) in [6.07, 6.45) is 4.53. The molecule has 2 aromatic carbocycles. The molecule has 2 aromatic rings. The fraction of sp³-hybridized carbons (Fsp3) is 0.455. The first kappa shape index (κ1) is 17.9. The maximum Gasteiger partial charge on any atom is 0.127 e. The molecule has 0 aromatic heterocycles. The number of hydrogen-bond donors (Lipinski definition) is 0. The highest BCUT2D eigenvalue weighted by atomic mass is 19.1. The van der Waals surface area contributed by atoms with E-state index in [9.17, 15) is 8.78 Å². The van der Waals surface area contributed by atoms with E-state index in [1.54, 1.807) is 24.3 Å². The number of fused-ring (bicyclic) bond motifs is 2. The quantitative estimate of drug-likeness (QED) is 0.734. The molecule has 4 aliphatic rings. The fourth-order valence-electron chi connectivity index (χ4n) is 3.82. The van der Waals surface area contributed by atoms with Crippen LogP contribution in [0.3, 0.4) is 0 Å². The van der Waals surface area contributed by atoms with Gasteiger partial charge in [-0.15, -0.1) is 0 Å². The lowest BCUT2D eigenvalue weighted by atomic mass is 10.0. The Bertz CT molecular complexity index is 792. The summed E-state index contributed by atoms with van der Waals surface area (Å²) in [4.78, 5) is 0. The minimum absolute atomic E-state index is 0.174. The van der Waals surface area contributed by atoms with Gasteiger partial charge in [-0.1, -0.05) is 0 Å². The molecule has 0 saturated carbocycles. The Hall–Kier alpha value is -2.18. The fourth-order valence-corrected chi connectivity index (χ4v) is 3.82. The largest absolute Gasteiger partial charge is 0.487 e. The van der Waals surface area contributed by atoms with Crippen LogP contribution in [0.2, 0.25) is 0 Å². The highest BCUT2D eigenvalue weighted by Gasteiger charge is 2.37. The lowest BCUT2D eigenvalue weighted by Crippen LogP contribution is -2.27. The van der Waals surface area contributed by atoms with Crippen LogP contribution >= 0.6 is 0 Å². The predicted octanol–water partition coefficient (Wildman–Crippen LogP) is 3.84. The zero-order chi connectivity index (χ0) is 19.1. The molecule has 2 fully saturated rings. The molecule has 4 atom stereocenters. The SMILES string of the molecule is Fc1ccc2c(c1)CC[C@H](C1CO1)O2.Fc1ccc2c(c1)CC[C@H](C1CO1)O2. The van der Waals surface area contributed by atoms with E-state index in [1.807, 2.05) is 0 Å². The van der Waals surface area contributed by atoms with Crippen molar-refractivity contribution in [3.8, 4) is 11.5 Å². The number of aryl methyl sites for hydroxylation is 2. The van der Waals surface area contributed by atoms with Gasteiger partial charge >= 0.3 is 0 Å². The van der Waals surface area contributed by atoms with E-state index < -0.39 is 0 Å². The molecule has 6 heteroatoms. The first-order valence-corrected chi connectivity index (χ1v) is 9.79. The van der Waals surface area contributed by atoms with E-state index in [1.165, 1.54) is 12.1 Å². The molecule has 28 heavy (non-hydrogen) atoms. The number of rotatable bonds is 2. The van der Waals surface area contributed by atoms with Crippen molar-refractivity contribution in [3.05, 3.63) is 59.2 Å². The van der Waals surface area contributed by atoms with Crippen molar-refractivity contribution in [1.82, 2.24) is 0 Å². The van der Waals surface area contributed by atoms with Crippen LogP contribution in [0.4, 0.5) is 8.78 Å². The van der Waals surface area contributed by atoms with Crippen LogP contribution in [0.5, 0.6) is 11.5 Å². The third-order valence-corrected chi connectivity index (χ3v) is 5.55. The van der Waals surface area contributed by atoms with Gasteiger partial charge in [0.1, 0.15) is 47.5 Å². The molecular weight excluding hydrogens is 366 g/mol. The Labute approximate surface area is 162 Å². The van der Waals surface area contributed by atoms with E-state index in [4.69, 9.17) is 18.9 Å². The molecule has 0 amide bonds. The van der Waals surface area contributed by atoms with Gasteiger partial charge in [0.15, 0.2) is 0 Å². The van der Waals surface area contributed by atoms with E-state index in [0.717, 1.165) is 61.5 Å². The van der Waals surface area contributed by atoms with Crippen LogP contribution in [-0.4, -0.2) is 37.6 Å². The highest BCUT2D eigenvalue weighted by molar-refractivity contribution is 5.37. The molecule has 0 bridgehead atoms. The van der Waals surface area contributed by atoms with Crippen molar-refractivity contribution in [2.24, 2.45) is 0 Å². The third-order valence-electron chi connectivity index (χ3n) is 5.55. The molecule has 0 radical (unpaired) electrons. The maximum atomic E-state index is 12.9. The van der Waals surface area contributed by atoms with Crippen molar-refractivity contribution in [3.63, 3.8) is 0 Å². The summed E-state index contributed by atoms with van der Waals surface area (Å²) in [6, 6.07) is 9.40. The van der Waals surface area contributed by atoms with Crippen molar-refractivity contribution >= 4 is 0 Å². The summed E-state index contributed by atoms with van der Waals surface area (Å²) in [5, 5.41) is 0. The number of benzene rings is 2. The van der Waals surface area contributed by atoms with Crippen LogP contribution in [0.1, 0.15) is 24.0 Å². The summed E-state index contributed by atoms with van der Waals surface area (Å²) in [7, 11) is 0. The summed E-state index contributed by atoms with van der Waals surface area (Å²) in [6.45, 7) is 1.61. The van der Waals surface area contributed by atoms with Gasteiger partial charge in [0.05, 0.1) is 13.2 Å². The first-order chi connectivity index (χ1) is 13.7. The van der Waals surface area contributed by atoms with Crippen molar-refractivity contribution in [1.29, 1.82) is 0 Å². The van der Waals surface area contributed by atoms with E-state index in [-0.39, 0.29) is 36.1 Å². The number of halogens is 2. The Kier molecular flexibility index (Phi) is 4.69. The Morgan fingerprint density at radius 3 is 1.46 bits per heavy atom. The monoisotopic (exact) mass is 388 g/mol. The smallest absolute Gasteiger partial charge is 0.127 e. The number of ether oxygens (including phenoxy) is 4. The minimum Gasteiger partial charge on any atom is -0.487 e. The predicted molar refractivity (Wildman–Crippen MR) is 97.8 cm³/mol. The van der Waals surface area contributed by atoms with Gasteiger partial charge in [-0.25, -0.2) is 8.78 Å². The van der Waals surface area contributed by atoms with Gasteiger partial charge in [0, 0.05) is 0 Å². The van der Waals surface area contributed by atoms with Crippen LogP contribution in [0.15, 0.2) is 36.4 Å². The molecule has 4 nitrogen and oxygen atoms in total. The molecule has 0 aliphatic carbocycles. The van der Waals surface area contributed by atoms with Gasteiger partial charge in [0.2, 0.25) is 0 Å². The first-order valence-electron chi connectivity index (χ1n) is 9.79. The number of hydrogen-bond acceptors (Lipinski definition) is 4. The average molecular weight is 388 g/mol. The van der Waals surface area contributed by atoms with E-state index in [2.05, 4.69) is 0 Å². The molecular formula is C22H22F2O4. The van der Waals surface area contributed by atoms with Crippen LogP contribution in [0, 0.1) is 11.6 Å². The van der Waals surface area contributed by atoms with Crippen molar-refractivity contribution in [2.45, 2.75) is 50.1 Å². The minimum atomic E-state index is -0.187. The molecule has 148 valence electrons. The van der Waals surface area contributed by atoms with Crippen molar-refractivity contribution < 1.29 is 27.7 Å². The Morgan fingerprint density at radius 2 is 1.07 bits per heavy atom. The summed E-state index contributed by atoms with van der Waals surface area (Å²) in [5.41, 5.74) is 1.95. The summed E-state index contributed by atoms with van der Waals surface area (Å²) >= 11 is 0. The molecule has 0 spiro atoms. The summed E-state index contributed by atoms with van der Waals surface area (Å²) < 4.78 is 47.6. The van der Waals surface area contributed by atoms with Crippen LogP contribution < -0.4 is 9.47 Å². The second kappa shape index (κ2) is 7.33.